The van der Waals surface area contributed by atoms with E-state index in [2.05, 4.69) is 79.1 Å². The van der Waals surface area contributed by atoms with Crippen LogP contribution in [0.5, 0.6) is 0 Å². The van der Waals surface area contributed by atoms with Crippen molar-refractivity contribution >= 4 is 0 Å². The molecule has 4 heteroatoms. The van der Waals surface area contributed by atoms with Crippen LogP contribution < -0.4 is 0 Å². The van der Waals surface area contributed by atoms with Crippen molar-refractivity contribution in [2.45, 2.75) is 124 Å². The molecule has 0 N–H and O–H groups in total. The average molecular weight is 773 g/mol. The zero-order chi connectivity index (χ0) is 29.2. The van der Waals surface area contributed by atoms with Crippen molar-refractivity contribution in [3.63, 3.8) is 0 Å². The maximum Gasteiger partial charge on any atom is 2.00 e. The summed E-state index contributed by atoms with van der Waals surface area (Å²) in [6.45, 7) is 0. The van der Waals surface area contributed by atoms with Gasteiger partial charge in [-0.15, -0.1) is 22.3 Å². The Hall–Kier alpha value is -2.64. The van der Waals surface area contributed by atoms with E-state index in [0.717, 1.165) is 62.8 Å². The first kappa shape index (κ1) is 29.7. The fourth-order valence-electron chi connectivity index (χ4n) is 10.4. The van der Waals surface area contributed by atoms with Crippen LogP contribution in [0.15, 0.2) is 67.0 Å². The molecule has 5 aliphatic rings. The second-order valence-electron chi connectivity index (χ2n) is 14.8. The number of fused-ring (bicyclic) bond motifs is 16. The molecule has 3 nitrogen and oxygen atoms in total. The first-order chi connectivity index (χ1) is 21.7. The molecule has 232 valence electrons. The van der Waals surface area contributed by atoms with Crippen LogP contribution in [-0.4, -0.2) is 15.0 Å². The zero-order valence-electron chi connectivity index (χ0n) is 26.3. The van der Waals surface area contributed by atoms with Crippen LogP contribution in [-0.2, 0) is 42.7 Å². The zero-order valence-corrected chi connectivity index (χ0v) is 28.6. The first-order valence-electron chi connectivity index (χ1n) is 17.5. The molecule has 4 spiro atoms. The number of pyridine rings is 1. The molecule has 0 atom stereocenters. The molecule has 4 aliphatic carbocycles. The monoisotopic (exact) mass is 772 g/mol. The first-order valence-corrected chi connectivity index (χ1v) is 17.5. The van der Waals surface area contributed by atoms with Crippen molar-refractivity contribution in [1.82, 2.24) is 15.0 Å². The standard InChI is InChI=1S/C41H43N3.Pt/c1-2-19-38(18-1)30-12-9-14-32(26-30)40(22-5-6-23-40)36-28-42-29-37(44-36)41(24-7-8-25-41)33-15-10-13-31(27-33)39(20-3-4-21-39)35-17-11-16-34(38)43-35;/h9-17,28-29H,1-8,18-25H2;/q-2;+2. The van der Waals surface area contributed by atoms with Gasteiger partial charge in [0.2, 0.25) is 0 Å². The summed E-state index contributed by atoms with van der Waals surface area (Å²) in [7, 11) is 0. The van der Waals surface area contributed by atoms with Gasteiger partial charge in [0.15, 0.2) is 0 Å². The minimum absolute atomic E-state index is 0. The summed E-state index contributed by atoms with van der Waals surface area (Å²) < 4.78 is 0. The molecule has 2 aromatic carbocycles. The molecule has 9 rings (SSSR count). The summed E-state index contributed by atoms with van der Waals surface area (Å²) in [6.07, 6.45) is 23.1. The fourth-order valence-corrected chi connectivity index (χ4v) is 10.4. The van der Waals surface area contributed by atoms with E-state index in [0.29, 0.717) is 0 Å². The number of nitrogens with zero attached hydrogens (tertiary/aromatic N) is 3. The summed E-state index contributed by atoms with van der Waals surface area (Å²) in [4.78, 5) is 16.4. The third kappa shape index (κ3) is 4.35. The van der Waals surface area contributed by atoms with E-state index in [9.17, 15) is 0 Å². The van der Waals surface area contributed by atoms with Crippen LogP contribution in [0.1, 0.15) is 148 Å². The van der Waals surface area contributed by atoms with Crippen molar-refractivity contribution in [2.24, 2.45) is 0 Å². The maximum absolute atomic E-state index is 5.72. The minimum atomic E-state index is -0.135. The molecule has 4 aromatic rings. The Labute approximate surface area is 283 Å². The average Bonchev–Trinajstić information content (AvgIpc) is 3.93. The Morgan fingerprint density at radius 2 is 0.689 bits per heavy atom. The number of aromatic nitrogens is 3. The van der Waals surface area contributed by atoms with Crippen molar-refractivity contribution in [3.05, 3.63) is 124 Å². The summed E-state index contributed by atoms with van der Waals surface area (Å²) in [5, 5.41) is 0. The van der Waals surface area contributed by atoms with E-state index < -0.39 is 0 Å². The largest absolute Gasteiger partial charge is 2.00 e. The maximum atomic E-state index is 5.72. The molecule has 3 heterocycles. The van der Waals surface area contributed by atoms with Crippen LogP contribution in [0.25, 0.3) is 0 Å². The van der Waals surface area contributed by atoms with Gasteiger partial charge in [0.25, 0.3) is 0 Å². The molecule has 2 aromatic heterocycles. The predicted octanol–water partition coefficient (Wildman–Crippen LogP) is 9.22. The Morgan fingerprint density at radius 1 is 0.400 bits per heavy atom. The molecule has 45 heavy (non-hydrogen) atoms. The van der Waals surface area contributed by atoms with Crippen molar-refractivity contribution in [2.75, 3.05) is 0 Å². The van der Waals surface area contributed by atoms with Gasteiger partial charge in [-0.2, -0.15) is 48.5 Å². The molecule has 4 saturated carbocycles. The van der Waals surface area contributed by atoms with Crippen LogP contribution in [0.2, 0.25) is 0 Å². The van der Waals surface area contributed by atoms with E-state index >= 15 is 0 Å². The molecule has 1 aliphatic heterocycles. The SMILES string of the molecule is [Pt+2].[c-]1c2cccc1C1(CCCC1)c1cncc(n1)C1(CCCC1)c1[c-]c(ccc1)C1(CCCC1)c1cccc(n1)C21CCCC1. The number of rotatable bonds is 0. The van der Waals surface area contributed by atoms with Gasteiger partial charge in [-0.25, -0.2) is 0 Å². The van der Waals surface area contributed by atoms with Gasteiger partial charge in [-0.3, -0.25) is 15.0 Å². The van der Waals surface area contributed by atoms with E-state index in [1.165, 1.54) is 85.0 Å². The van der Waals surface area contributed by atoms with Gasteiger partial charge < -0.3 is 0 Å². The van der Waals surface area contributed by atoms with Crippen LogP contribution >= 0.6 is 0 Å². The van der Waals surface area contributed by atoms with Crippen LogP contribution in [0.3, 0.4) is 0 Å². The molecular formula is C41H43N3Pt. The van der Waals surface area contributed by atoms with Gasteiger partial charge >= 0.3 is 21.1 Å². The summed E-state index contributed by atoms with van der Waals surface area (Å²) in [5.41, 5.74) is 9.67. The summed E-state index contributed by atoms with van der Waals surface area (Å²) >= 11 is 0. The normalized spacial score (nSPS) is 23.1. The fraction of sp³-hybridized carbons (Fsp3) is 0.488. The minimum Gasteiger partial charge on any atom is -0.261 e. The van der Waals surface area contributed by atoms with Gasteiger partial charge in [-0.05, 0) is 63.5 Å². The van der Waals surface area contributed by atoms with Gasteiger partial charge in [-0.1, -0.05) is 57.4 Å². The Morgan fingerprint density at radius 3 is 1.04 bits per heavy atom. The Kier molecular flexibility index (Phi) is 7.44. The molecule has 0 radical (unpaired) electrons. The molecular weight excluding hydrogens is 730 g/mol. The number of hydrogen-bond acceptors (Lipinski definition) is 3. The van der Waals surface area contributed by atoms with Gasteiger partial charge in [0.1, 0.15) is 0 Å². The Balaban J connectivity index is 0.00000300. The number of hydrogen-bond donors (Lipinski definition) is 0. The molecule has 8 bridgehead atoms. The molecule has 0 saturated heterocycles. The van der Waals surface area contributed by atoms with E-state index in [-0.39, 0.29) is 42.7 Å². The van der Waals surface area contributed by atoms with Crippen molar-refractivity contribution in [3.8, 4) is 0 Å². The molecule has 4 fully saturated rings. The Bertz CT molecular complexity index is 1360. The van der Waals surface area contributed by atoms with E-state index in [1.807, 2.05) is 0 Å². The van der Waals surface area contributed by atoms with Crippen molar-refractivity contribution in [1.29, 1.82) is 0 Å². The molecule has 0 unspecified atom stereocenters. The van der Waals surface area contributed by atoms with E-state index in [1.54, 1.807) is 0 Å². The van der Waals surface area contributed by atoms with Gasteiger partial charge in [0.05, 0.1) is 11.4 Å². The van der Waals surface area contributed by atoms with Crippen LogP contribution in [0, 0.1) is 12.1 Å². The van der Waals surface area contributed by atoms with E-state index in [4.69, 9.17) is 15.0 Å². The second kappa shape index (κ2) is 11.3. The van der Waals surface area contributed by atoms with Gasteiger partial charge in [0, 0.05) is 45.4 Å². The second-order valence-corrected chi connectivity index (χ2v) is 14.8. The third-order valence-corrected chi connectivity index (χ3v) is 12.8. The molecule has 0 amide bonds. The predicted molar refractivity (Wildman–Crippen MR) is 174 cm³/mol. The number of benzene rings is 2. The summed E-state index contributed by atoms with van der Waals surface area (Å²) in [6, 6.07) is 29.2. The topological polar surface area (TPSA) is 38.7 Å². The quantitative estimate of drug-likeness (QED) is 0.168. The smallest absolute Gasteiger partial charge is 0.261 e. The summed E-state index contributed by atoms with van der Waals surface area (Å²) in [5.74, 6) is 0. The van der Waals surface area contributed by atoms with Crippen LogP contribution in [0.4, 0.5) is 0 Å². The third-order valence-electron chi connectivity index (χ3n) is 12.8. The van der Waals surface area contributed by atoms with Crippen molar-refractivity contribution < 1.29 is 21.1 Å².